The standard InChI is InChI=1S/C14H30O2/c1-11(2)8-9-16-14(6,7)13(4,5)10-12(3)15/h11-12,15H,8-10H2,1-7H3. The van der Waals surface area contributed by atoms with Crippen LogP contribution in [0.1, 0.15) is 61.3 Å². The number of aliphatic hydroxyl groups excluding tert-OH is 1. The molecule has 16 heavy (non-hydrogen) atoms. The number of hydrogen-bond donors (Lipinski definition) is 1. The van der Waals surface area contributed by atoms with Crippen LogP contribution in [0.3, 0.4) is 0 Å². The Kier molecular flexibility index (Phi) is 5.99. The van der Waals surface area contributed by atoms with Crippen molar-refractivity contribution in [3.8, 4) is 0 Å². The molecular formula is C14H30O2. The molecule has 0 aliphatic rings. The van der Waals surface area contributed by atoms with Gasteiger partial charge in [0, 0.05) is 6.61 Å². The Hall–Kier alpha value is -0.0800. The zero-order valence-electron chi connectivity index (χ0n) is 12.1. The van der Waals surface area contributed by atoms with E-state index in [1.54, 1.807) is 0 Å². The number of aliphatic hydroxyl groups is 1. The highest BCUT2D eigenvalue weighted by molar-refractivity contribution is 4.88. The number of rotatable bonds is 7. The van der Waals surface area contributed by atoms with Crippen LogP contribution in [0.5, 0.6) is 0 Å². The summed E-state index contributed by atoms with van der Waals surface area (Å²) in [6.45, 7) is 15.6. The first-order valence-corrected chi connectivity index (χ1v) is 6.40. The molecule has 0 spiro atoms. The van der Waals surface area contributed by atoms with Gasteiger partial charge in [-0.05, 0) is 44.9 Å². The fourth-order valence-electron chi connectivity index (χ4n) is 1.73. The molecule has 2 heteroatoms. The van der Waals surface area contributed by atoms with E-state index in [1.165, 1.54) is 0 Å². The summed E-state index contributed by atoms with van der Waals surface area (Å²) in [5, 5.41) is 9.51. The molecule has 0 rings (SSSR count). The van der Waals surface area contributed by atoms with Crippen molar-refractivity contribution >= 4 is 0 Å². The minimum atomic E-state index is -0.275. The van der Waals surface area contributed by atoms with Gasteiger partial charge in [0.05, 0.1) is 11.7 Å². The molecule has 0 aromatic rings. The van der Waals surface area contributed by atoms with Crippen molar-refractivity contribution in [2.24, 2.45) is 11.3 Å². The lowest BCUT2D eigenvalue weighted by molar-refractivity contribution is -0.113. The maximum atomic E-state index is 9.51. The van der Waals surface area contributed by atoms with Crippen LogP contribution < -0.4 is 0 Å². The average Bonchev–Trinajstić information content (AvgIpc) is 1.99. The van der Waals surface area contributed by atoms with E-state index in [1.807, 2.05) is 6.92 Å². The molecular weight excluding hydrogens is 200 g/mol. The van der Waals surface area contributed by atoms with Gasteiger partial charge in [-0.25, -0.2) is 0 Å². The Morgan fingerprint density at radius 2 is 1.56 bits per heavy atom. The fourth-order valence-corrected chi connectivity index (χ4v) is 1.73. The van der Waals surface area contributed by atoms with E-state index in [-0.39, 0.29) is 17.1 Å². The summed E-state index contributed by atoms with van der Waals surface area (Å²) in [5.41, 5.74) is -0.211. The third-order valence-electron chi connectivity index (χ3n) is 3.59. The SMILES string of the molecule is CC(C)CCOC(C)(C)C(C)(C)CC(C)O. The van der Waals surface area contributed by atoms with Crippen LogP contribution in [-0.2, 0) is 4.74 Å². The molecule has 0 amide bonds. The summed E-state index contributed by atoms with van der Waals surface area (Å²) in [6, 6.07) is 0. The van der Waals surface area contributed by atoms with Crippen LogP contribution in [0, 0.1) is 11.3 Å². The van der Waals surface area contributed by atoms with Crippen LogP contribution in [0.4, 0.5) is 0 Å². The van der Waals surface area contributed by atoms with Crippen molar-refractivity contribution < 1.29 is 9.84 Å². The molecule has 0 aliphatic carbocycles. The predicted octanol–water partition coefficient (Wildman–Crippen LogP) is 3.62. The zero-order chi connectivity index (χ0) is 13.0. The van der Waals surface area contributed by atoms with Crippen LogP contribution >= 0.6 is 0 Å². The number of hydrogen-bond acceptors (Lipinski definition) is 2. The van der Waals surface area contributed by atoms with Gasteiger partial charge in [-0.15, -0.1) is 0 Å². The third kappa shape index (κ3) is 5.31. The molecule has 0 saturated heterocycles. The molecule has 0 saturated carbocycles. The van der Waals surface area contributed by atoms with Crippen molar-refractivity contribution in [2.75, 3.05) is 6.61 Å². The molecule has 2 nitrogen and oxygen atoms in total. The Morgan fingerprint density at radius 1 is 1.06 bits per heavy atom. The van der Waals surface area contributed by atoms with Gasteiger partial charge in [0.25, 0.3) is 0 Å². The topological polar surface area (TPSA) is 29.5 Å². The summed E-state index contributed by atoms with van der Waals surface area (Å²) in [4.78, 5) is 0. The molecule has 0 bridgehead atoms. The Labute approximate surface area is 101 Å². The lowest BCUT2D eigenvalue weighted by Crippen LogP contribution is -2.43. The summed E-state index contributed by atoms with van der Waals surface area (Å²) in [7, 11) is 0. The summed E-state index contributed by atoms with van der Waals surface area (Å²) < 4.78 is 5.99. The predicted molar refractivity (Wildman–Crippen MR) is 69.6 cm³/mol. The van der Waals surface area contributed by atoms with E-state index in [4.69, 9.17) is 4.74 Å². The summed E-state index contributed by atoms with van der Waals surface area (Å²) in [6.07, 6.45) is 1.58. The Balaban J connectivity index is 4.28. The summed E-state index contributed by atoms with van der Waals surface area (Å²) >= 11 is 0. The van der Waals surface area contributed by atoms with E-state index >= 15 is 0 Å². The molecule has 0 aliphatic heterocycles. The first-order valence-electron chi connectivity index (χ1n) is 6.40. The van der Waals surface area contributed by atoms with Gasteiger partial charge in [-0.3, -0.25) is 0 Å². The van der Waals surface area contributed by atoms with Crippen molar-refractivity contribution in [1.82, 2.24) is 0 Å². The lowest BCUT2D eigenvalue weighted by atomic mass is 9.73. The van der Waals surface area contributed by atoms with Crippen molar-refractivity contribution in [2.45, 2.75) is 73.0 Å². The minimum Gasteiger partial charge on any atom is -0.393 e. The van der Waals surface area contributed by atoms with E-state index in [0.717, 1.165) is 19.4 Å². The lowest BCUT2D eigenvalue weighted by Gasteiger charge is -2.42. The van der Waals surface area contributed by atoms with E-state index in [0.29, 0.717) is 5.92 Å². The molecule has 0 aromatic heterocycles. The van der Waals surface area contributed by atoms with Gasteiger partial charge >= 0.3 is 0 Å². The Morgan fingerprint density at radius 3 is 1.94 bits per heavy atom. The molecule has 0 heterocycles. The summed E-state index contributed by atoms with van der Waals surface area (Å²) in [5.74, 6) is 0.677. The average molecular weight is 230 g/mol. The zero-order valence-corrected chi connectivity index (χ0v) is 12.1. The van der Waals surface area contributed by atoms with Gasteiger partial charge in [0.1, 0.15) is 0 Å². The van der Waals surface area contributed by atoms with E-state index in [2.05, 4.69) is 41.5 Å². The maximum Gasteiger partial charge on any atom is 0.0678 e. The second kappa shape index (κ2) is 6.02. The van der Waals surface area contributed by atoms with Gasteiger partial charge < -0.3 is 9.84 Å². The first kappa shape index (κ1) is 15.9. The minimum absolute atomic E-state index is 0.0157. The van der Waals surface area contributed by atoms with Crippen molar-refractivity contribution in [1.29, 1.82) is 0 Å². The fraction of sp³-hybridized carbons (Fsp3) is 1.00. The quantitative estimate of drug-likeness (QED) is 0.724. The smallest absolute Gasteiger partial charge is 0.0678 e. The molecule has 0 radical (unpaired) electrons. The molecule has 1 unspecified atom stereocenters. The normalized spacial score (nSPS) is 15.6. The van der Waals surface area contributed by atoms with E-state index < -0.39 is 0 Å². The van der Waals surface area contributed by atoms with Crippen molar-refractivity contribution in [3.63, 3.8) is 0 Å². The highest BCUT2D eigenvalue weighted by Gasteiger charge is 2.38. The van der Waals surface area contributed by atoms with Gasteiger partial charge in [0.2, 0.25) is 0 Å². The van der Waals surface area contributed by atoms with Crippen LogP contribution in [0.2, 0.25) is 0 Å². The maximum absolute atomic E-state index is 9.51. The molecule has 0 fully saturated rings. The monoisotopic (exact) mass is 230 g/mol. The van der Waals surface area contributed by atoms with Gasteiger partial charge in [-0.2, -0.15) is 0 Å². The molecule has 1 N–H and O–H groups in total. The highest BCUT2D eigenvalue weighted by atomic mass is 16.5. The van der Waals surface area contributed by atoms with Crippen LogP contribution in [-0.4, -0.2) is 23.4 Å². The first-order chi connectivity index (χ1) is 7.08. The largest absolute Gasteiger partial charge is 0.393 e. The molecule has 98 valence electrons. The van der Waals surface area contributed by atoms with Gasteiger partial charge in [0.15, 0.2) is 0 Å². The van der Waals surface area contributed by atoms with Crippen molar-refractivity contribution in [3.05, 3.63) is 0 Å². The third-order valence-corrected chi connectivity index (χ3v) is 3.59. The Bertz CT molecular complexity index is 193. The second-order valence-electron chi connectivity index (χ2n) is 6.48. The van der Waals surface area contributed by atoms with E-state index in [9.17, 15) is 5.11 Å². The van der Waals surface area contributed by atoms with Gasteiger partial charge in [-0.1, -0.05) is 27.7 Å². The molecule has 1 atom stereocenters. The number of ether oxygens (including phenoxy) is 1. The van der Waals surface area contributed by atoms with Crippen LogP contribution in [0.15, 0.2) is 0 Å². The second-order valence-corrected chi connectivity index (χ2v) is 6.48. The van der Waals surface area contributed by atoms with Crippen LogP contribution in [0.25, 0.3) is 0 Å². The molecule has 0 aromatic carbocycles. The highest BCUT2D eigenvalue weighted by Crippen LogP contribution is 2.38.